The van der Waals surface area contributed by atoms with Gasteiger partial charge in [0.2, 0.25) is 0 Å². The van der Waals surface area contributed by atoms with Crippen molar-refractivity contribution in [3.05, 3.63) is 41.6 Å². The van der Waals surface area contributed by atoms with E-state index in [4.69, 9.17) is 0 Å². The average molecular weight is 256 g/mol. The second kappa shape index (κ2) is 5.30. The molecule has 0 saturated heterocycles. The number of benzene rings is 1. The lowest BCUT2D eigenvalue weighted by Gasteiger charge is -2.28. The van der Waals surface area contributed by atoms with E-state index in [1.165, 1.54) is 10.9 Å². The van der Waals surface area contributed by atoms with Crippen LogP contribution in [0.15, 0.2) is 30.3 Å². The highest BCUT2D eigenvalue weighted by atomic mass is 14.9. The Balaban J connectivity index is 2.25. The fourth-order valence-electron chi connectivity index (χ4n) is 2.11. The molecule has 1 unspecified atom stereocenters. The first-order valence-corrected chi connectivity index (χ1v) is 6.96. The van der Waals surface area contributed by atoms with Crippen LogP contribution in [0.4, 0.5) is 0 Å². The van der Waals surface area contributed by atoms with E-state index in [0.29, 0.717) is 6.04 Å². The van der Waals surface area contributed by atoms with Gasteiger partial charge in [0.05, 0.1) is 5.52 Å². The van der Waals surface area contributed by atoms with E-state index in [2.05, 4.69) is 69.2 Å². The van der Waals surface area contributed by atoms with Gasteiger partial charge in [-0.2, -0.15) is 0 Å². The summed E-state index contributed by atoms with van der Waals surface area (Å²) in [6, 6.07) is 11.0. The van der Waals surface area contributed by atoms with Gasteiger partial charge in [-0.1, -0.05) is 39.0 Å². The maximum Gasteiger partial charge on any atom is 0.0708 e. The van der Waals surface area contributed by atoms with E-state index < -0.39 is 0 Å². The Bertz CT molecular complexity index is 567. The fourth-order valence-corrected chi connectivity index (χ4v) is 2.11. The number of aromatic nitrogens is 1. The third-order valence-corrected chi connectivity index (χ3v) is 3.83. The lowest BCUT2D eigenvalue weighted by atomic mass is 9.88. The number of hydrogen-bond donors (Lipinski definition) is 1. The predicted molar refractivity (Wildman–Crippen MR) is 82.2 cm³/mol. The standard InChI is InChI=1S/C17H24N2/c1-12-10-14(11-18-13(2)17(3,4)5)15-8-6-7-9-16(15)19-12/h6-10,13,18H,11H2,1-5H3. The van der Waals surface area contributed by atoms with Gasteiger partial charge < -0.3 is 5.32 Å². The van der Waals surface area contributed by atoms with Crippen molar-refractivity contribution in [1.82, 2.24) is 10.3 Å². The van der Waals surface area contributed by atoms with Crippen LogP contribution in [0.1, 0.15) is 39.0 Å². The van der Waals surface area contributed by atoms with Gasteiger partial charge in [0.1, 0.15) is 0 Å². The first-order chi connectivity index (χ1) is 8.88. The smallest absolute Gasteiger partial charge is 0.0708 e. The molecule has 2 nitrogen and oxygen atoms in total. The number of nitrogens with zero attached hydrogens (tertiary/aromatic N) is 1. The summed E-state index contributed by atoms with van der Waals surface area (Å²) in [7, 11) is 0. The van der Waals surface area contributed by atoms with E-state index >= 15 is 0 Å². The molecular formula is C17H24N2. The van der Waals surface area contributed by atoms with E-state index in [9.17, 15) is 0 Å². The Kier molecular flexibility index (Phi) is 3.91. The molecule has 1 heterocycles. The highest BCUT2D eigenvalue weighted by Gasteiger charge is 2.19. The van der Waals surface area contributed by atoms with Gasteiger partial charge in [0.15, 0.2) is 0 Å². The molecule has 0 spiro atoms. The molecule has 19 heavy (non-hydrogen) atoms. The van der Waals surface area contributed by atoms with Gasteiger partial charge >= 0.3 is 0 Å². The molecule has 1 aromatic carbocycles. The molecule has 1 N–H and O–H groups in total. The zero-order chi connectivity index (χ0) is 14.0. The summed E-state index contributed by atoms with van der Waals surface area (Å²) >= 11 is 0. The summed E-state index contributed by atoms with van der Waals surface area (Å²) < 4.78 is 0. The highest BCUT2D eigenvalue weighted by Crippen LogP contribution is 2.21. The molecule has 0 fully saturated rings. The summed E-state index contributed by atoms with van der Waals surface area (Å²) in [4.78, 5) is 4.58. The Hall–Kier alpha value is -1.41. The van der Waals surface area contributed by atoms with Crippen molar-refractivity contribution < 1.29 is 0 Å². The number of hydrogen-bond acceptors (Lipinski definition) is 2. The van der Waals surface area contributed by atoms with Gasteiger partial charge in [-0.15, -0.1) is 0 Å². The number of fused-ring (bicyclic) bond motifs is 1. The monoisotopic (exact) mass is 256 g/mol. The summed E-state index contributed by atoms with van der Waals surface area (Å²) in [6.07, 6.45) is 0. The molecule has 0 amide bonds. The maximum absolute atomic E-state index is 4.58. The Morgan fingerprint density at radius 1 is 1.21 bits per heavy atom. The van der Waals surface area contributed by atoms with Crippen LogP contribution in [0.2, 0.25) is 0 Å². The molecule has 102 valence electrons. The van der Waals surface area contributed by atoms with E-state index in [1.807, 2.05) is 6.07 Å². The second-order valence-corrected chi connectivity index (χ2v) is 6.41. The molecule has 0 saturated carbocycles. The minimum Gasteiger partial charge on any atom is -0.310 e. The van der Waals surface area contributed by atoms with Gasteiger partial charge in [-0.05, 0) is 37.0 Å². The minimum absolute atomic E-state index is 0.276. The highest BCUT2D eigenvalue weighted by molar-refractivity contribution is 5.82. The van der Waals surface area contributed by atoms with Crippen molar-refractivity contribution in [3.63, 3.8) is 0 Å². The number of para-hydroxylation sites is 1. The van der Waals surface area contributed by atoms with Crippen molar-refractivity contribution >= 4 is 10.9 Å². The molecule has 0 aliphatic rings. The molecule has 0 radical (unpaired) electrons. The van der Waals surface area contributed by atoms with Crippen molar-refractivity contribution in [2.24, 2.45) is 5.41 Å². The van der Waals surface area contributed by atoms with Crippen molar-refractivity contribution in [2.45, 2.75) is 47.2 Å². The molecule has 1 atom stereocenters. The summed E-state index contributed by atoms with van der Waals surface area (Å²) in [6.45, 7) is 12.0. The van der Waals surface area contributed by atoms with Crippen LogP contribution in [0.25, 0.3) is 10.9 Å². The molecule has 0 aliphatic carbocycles. The Morgan fingerprint density at radius 2 is 1.89 bits per heavy atom. The Labute approximate surface area is 116 Å². The van der Waals surface area contributed by atoms with E-state index in [-0.39, 0.29) is 5.41 Å². The van der Waals surface area contributed by atoms with Crippen molar-refractivity contribution in [2.75, 3.05) is 0 Å². The van der Waals surface area contributed by atoms with Crippen LogP contribution in [0, 0.1) is 12.3 Å². The largest absolute Gasteiger partial charge is 0.310 e. The molecular weight excluding hydrogens is 232 g/mol. The van der Waals surface area contributed by atoms with Crippen LogP contribution in [-0.4, -0.2) is 11.0 Å². The zero-order valence-corrected chi connectivity index (χ0v) is 12.6. The predicted octanol–water partition coefficient (Wildman–Crippen LogP) is 4.07. The number of nitrogens with one attached hydrogen (secondary N) is 1. The molecule has 2 aromatic rings. The van der Waals surface area contributed by atoms with Crippen LogP contribution in [-0.2, 0) is 6.54 Å². The summed E-state index contributed by atoms with van der Waals surface area (Å²) in [5, 5.41) is 4.88. The molecule has 0 aliphatic heterocycles. The van der Waals surface area contributed by atoms with E-state index in [1.54, 1.807) is 0 Å². The van der Waals surface area contributed by atoms with Crippen LogP contribution < -0.4 is 5.32 Å². The van der Waals surface area contributed by atoms with Crippen LogP contribution >= 0.6 is 0 Å². The summed E-state index contributed by atoms with van der Waals surface area (Å²) in [5.74, 6) is 0. The molecule has 1 aromatic heterocycles. The maximum atomic E-state index is 4.58. The quantitative estimate of drug-likeness (QED) is 0.895. The van der Waals surface area contributed by atoms with E-state index in [0.717, 1.165) is 17.8 Å². The molecule has 2 rings (SSSR count). The van der Waals surface area contributed by atoms with Crippen molar-refractivity contribution in [1.29, 1.82) is 0 Å². The topological polar surface area (TPSA) is 24.9 Å². The zero-order valence-electron chi connectivity index (χ0n) is 12.6. The van der Waals surface area contributed by atoms with Crippen LogP contribution in [0.3, 0.4) is 0 Å². The second-order valence-electron chi connectivity index (χ2n) is 6.41. The third-order valence-electron chi connectivity index (χ3n) is 3.83. The first kappa shape index (κ1) is 14.0. The number of pyridine rings is 1. The van der Waals surface area contributed by atoms with Gasteiger partial charge in [0, 0.05) is 23.7 Å². The lowest BCUT2D eigenvalue weighted by molar-refractivity contribution is 0.285. The lowest BCUT2D eigenvalue weighted by Crippen LogP contribution is -2.37. The van der Waals surface area contributed by atoms with Gasteiger partial charge in [-0.3, -0.25) is 4.98 Å². The molecule has 0 bridgehead atoms. The average Bonchev–Trinajstić information content (AvgIpc) is 2.34. The Morgan fingerprint density at radius 3 is 2.58 bits per heavy atom. The third kappa shape index (κ3) is 3.32. The van der Waals surface area contributed by atoms with Gasteiger partial charge in [0.25, 0.3) is 0 Å². The van der Waals surface area contributed by atoms with Crippen molar-refractivity contribution in [3.8, 4) is 0 Å². The molecule has 2 heteroatoms. The first-order valence-electron chi connectivity index (χ1n) is 6.96. The number of rotatable bonds is 3. The van der Waals surface area contributed by atoms with Crippen LogP contribution in [0.5, 0.6) is 0 Å². The minimum atomic E-state index is 0.276. The summed E-state index contributed by atoms with van der Waals surface area (Å²) in [5.41, 5.74) is 3.78. The van der Waals surface area contributed by atoms with Gasteiger partial charge in [-0.25, -0.2) is 0 Å². The fraction of sp³-hybridized carbons (Fsp3) is 0.471. The number of aryl methyl sites for hydroxylation is 1. The normalized spacial score (nSPS) is 13.7. The SMILES string of the molecule is Cc1cc(CNC(C)C(C)(C)C)c2ccccc2n1.